The molecule has 2 aromatic rings. The summed E-state index contributed by atoms with van der Waals surface area (Å²) in [6.45, 7) is 0.0156. The van der Waals surface area contributed by atoms with Gasteiger partial charge >= 0.3 is 0 Å². The van der Waals surface area contributed by atoms with Gasteiger partial charge in [0.05, 0.1) is 12.3 Å². The van der Waals surface area contributed by atoms with Crippen LogP contribution in [0, 0.1) is 0 Å². The Morgan fingerprint density at radius 1 is 1.25 bits per heavy atom. The molecule has 1 atom stereocenters. The van der Waals surface area contributed by atoms with E-state index in [-0.39, 0.29) is 18.6 Å². The van der Waals surface area contributed by atoms with E-state index in [1.807, 2.05) is 30.3 Å². The Morgan fingerprint density at radius 3 is 2.70 bits per heavy atom. The van der Waals surface area contributed by atoms with Crippen molar-refractivity contribution >= 4 is 12.0 Å². The number of amides is 1. The Kier molecular flexibility index (Phi) is 5.15. The molecule has 4 nitrogen and oxygen atoms in total. The minimum Gasteiger partial charge on any atom is -0.465 e. The molecule has 1 aromatic carbocycles. The van der Waals surface area contributed by atoms with Crippen molar-refractivity contribution in [2.24, 2.45) is 0 Å². The number of hydrogen-bond acceptors (Lipinski definition) is 3. The minimum absolute atomic E-state index is 0.0156. The lowest BCUT2D eigenvalue weighted by molar-refractivity contribution is -0.117. The van der Waals surface area contributed by atoms with Crippen molar-refractivity contribution in [2.45, 2.75) is 12.5 Å². The Bertz CT molecular complexity index is 546. The van der Waals surface area contributed by atoms with Crippen LogP contribution < -0.4 is 5.32 Å². The molecule has 1 heterocycles. The molecule has 0 saturated carbocycles. The summed E-state index contributed by atoms with van der Waals surface area (Å²) < 4.78 is 5.11. The molecule has 2 N–H and O–H groups in total. The van der Waals surface area contributed by atoms with Crippen molar-refractivity contribution in [2.75, 3.05) is 6.61 Å². The van der Waals surface area contributed by atoms with E-state index in [9.17, 15) is 4.79 Å². The summed E-state index contributed by atoms with van der Waals surface area (Å²) in [5.41, 5.74) is 0.973. The number of carbonyl (C=O) groups excluding carboxylic acids is 1. The summed E-state index contributed by atoms with van der Waals surface area (Å²) >= 11 is 0. The zero-order chi connectivity index (χ0) is 14.2. The van der Waals surface area contributed by atoms with Gasteiger partial charge in [0, 0.05) is 12.7 Å². The molecular weight excluding hydrogens is 254 g/mol. The fourth-order valence-electron chi connectivity index (χ4n) is 1.90. The molecule has 2 rings (SSSR count). The van der Waals surface area contributed by atoms with Gasteiger partial charge in [-0.1, -0.05) is 30.3 Å². The topological polar surface area (TPSA) is 62.5 Å². The van der Waals surface area contributed by atoms with E-state index in [0.29, 0.717) is 12.2 Å². The first-order chi connectivity index (χ1) is 9.79. The van der Waals surface area contributed by atoms with Gasteiger partial charge < -0.3 is 14.8 Å². The summed E-state index contributed by atoms with van der Waals surface area (Å²) in [7, 11) is 0. The van der Waals surface area contributed by atoms with Crippen LogP contribution in [0.4, 0.5) is 0 Å². The summed E-state index contributed by atoms with van der Waals surface area (Å²) in [6, 6.07) is 12.9. The van der Waals surface area contributed by atoms with Gasteiger partial charge in [0.2, 0.25) is 5.91 Å². The molecule has 1 unspecified atom stereocenters. The predicted octanol–water partition coefficient (Wildman–Crippen LogP) is 2.53. The van der Waals surface area contributed by atoms with Gasteiger partial charge in [-0.2, -0.15) is 0 Å². The lowest BCUT2D eigenvalue weighted by atomic mass is 10.0. The molecule has 0 aliphatic heterocycles. The molecule has 0 saturated heterocycles. The first-order valence-corrected chi connectivity index (χ1v) is 6.47. The number of hydrogen-bond donors (Lipinski definition) is 2. The van der Waals surface area contributed by atoms with Crippen LogP contribution in [0.15, 0.2) is 59.2 Å². The van der Waals surface area contributed by atoms with Gasteiger partial charge in [-0.05, 0) is 30.2 Å². The third-order valence-electron chi connectivity index (χ3n) is 2.88. The fourth-order valence-corrected chi connectivity index (χ4v) is 1.90. The van der Waals surface area contributed by atoms with Crippen LogP contribution in [0.3, 0.4) is 0 Å². The maximum atomic E-state index is 11.9. The highest BCUT2D eigenvalue weighted by atomic mass is 16.3. The maximum Gasteiger partial charge on any atom is 0.244 e. The molecule has 0 aliphatic rings. The van der Waals surface area contributed by atoms with Crippen LogP contribution in [0.2, 0.25) is 0 Å². The molecule has 1 amide bonds. The third-order valence-corrected chi connectivity index (χ3v) is 2.88. The van der Waals surface area contributed by atoms with Crippen molar-refractivity contribution in [1.29, 1.82) is 0 Å². The molecule has 0 spiro atoms. The van der Waals surface area contributed by atoms with Gasteiger partial charge in [-0.15, -0.1) is 0 Å². The predicted molar refractivity (Wildman–Crippen MR) is 76.8 cm³/mol. The van der Waals surface area contributed by atoms with E-state index in [0.717, 1.165) is 5.56 Å². The normalized spacial score (nSPS) is 12.4. The van der Waals surface area contributed by atoms with E-state index in [4.69, 9.17) is 9.52 Å². The second-order valence-corrected chi connectivity index (χ2v) is 4.33. The van der Waals surface area contributed by atoms with E-state index in [1.54, 1.807) is 24.5 Å². The van der Waals surface area contributed by atoms with Gasteiger partial charge in [-0.25, -0.2) is 0 Å². The number of aliphatic hydroxyl groups is 1. The first-order valence-electron chi connectivity index (χ1n) is 6.47. The lowest BCUT2D eigenvalue weighted by Crippen LogP contribution is -2.27. The van der Waals surface area contributed by atoms with E-state index in [1.165, 1.54) is 6.08 Å². The SMILES string of the molecule is O=C(/C=C/c1ccco1)NC(CCO)c1ccccc1. The van der Waals surface area contributed by atoms with Crippen LogP contribution >= 0.6 is 0 Å². The first kappa shape index (κ1) is 14.1. The standard InChI is InChI=1S/C16H17NO3/c18-11-10-15(13-5-2-1-3-6-13)17-16(19)9-8-14-7-4-12-20-14/h1-9,12,15,18H,10-11H2,(H,17,19)/b9-8+. The molecule has 104 valence electrons. The van der Waals surface area contributed by atoms with E-state index < -0.39 is 0 Å². The van der Waals surface area contributed by atoms with Crippen molar-refractivity contribution < 1.29 is 14.3 Å². The molecule has 0 bridgehead atoms. The van der Waals surface area contributed by atoms with Crippen LogP contribution in [-0.2, 0) is 4.79 Å². The van der Waals surface area contributed by atoms with E-state index >= 15 is 0 Å². The van der Waals surface area contributed by atoms with Crippen molar-refractivity contribution in [3.63, 3.8) is 0 Å². The number of carbonyl (C=O) groups is 1. The Balaban J connectivity index is 1.99. The highest BCUT2D eigenvalue weighted by Crippen LogP contribution is 2.16. The molecule has 0 aliphatic carbocycles. The van der Waals surface area contributed by atoms with Gasteiger partial charge in [0.15, 0.2) is 0 Å². The highest BCUT2D eigenvalue weighted by molar-refractivity contribution is 5.91. The third kappa shape index (κ3) is 4.10. The number of furan rings is 1. The summed E-state index contributed by atoms with van der Waals surface area (Å²) in [5, 5.41) is 12.0. The Morgan fingerprint density at radius 2 is 2.05 bits per heavy atom. The molecule has 0 radical (unpaired) electrons. The zero-order valence-electron chi connectivity index (χ0n) is 11.0. The van der Waals surface area contributed by atoms with Crippen LogP contribution in [0.1, 0.15) is 23.8 Å². The average molecular weight is 271 g/mol. The molecule has 1 aromatic heterocycles. The van der Waals surface area contributed by atoms with Crippen LogP contribution in [-0.4, -0.2) is 17.6 Å². The highest BCUT2D eigenvalue weighted by Gasteiger charge is 2.12. The zero-order valence-corrected chi connectivity index (χ0v) is 11.0. The largest absolute Gasteiger partial charge is 0.465 e. The average Bonchev–Trinajstić information content (AvgIpc) is 2.99. The monoisotopic (exact) mass is 271 g/mol. The fraction of sp³-hybridized carbons (Fsp3) is 0.188. The molecular formula is C16H17NO3. The van der Waals surface area contributed by atoms with Gasteiger partial charge in [0.1, 0.15) is 5.76 Å². The van der Waals surface area contributed by atoms with Gasteiger partial charge in [-0.3, -0.25) is 4.79 Å². The Hall–Kier alpha value is -2.33. The maximum absolute atomic E-state index is 11.9. The lowest BCUT2D eigenvalue weighted by Gasteiger charge is -2.17. The van der Waals surface area contributed by atoms with Crippen molar-refractivity contribution in [3.8, 4) is 0 Å². The molecule has 0 fully saturated rings. The number of nitrogens with one attached hydrogen (secondary N) is 1. The van der Waals surface area contributed by atoms with Gasteiger partial charge in [0.25, 0.3) is 0 Å². The number of benzene rings is 1. The summed E-state index contributed by atoms with van der Waals surface area (Å²) in [5.74, 6) is 0.405. The van der Waals surface area contributed by atoms with Crippen LogP contribution in [0.25, 0.3) is 6.08 Å². The van der Waals surface area contributed by atoms with E-state index in [2.05, 4.69) is 5.32 Å². The smallest absolute Gasteiger partial charge is 0.244 e. The summed E-state index contributed by atoms with van der Waals surface area (Å²) in [6.07, 6.45) is 5.06. The minimum atomic E-state index is -0.219. The summed E-state index contributed by atoms with van der Waals surface area (Å²) in [4.78, 5) is 11.9. The second-order valence-electron chi connectivity index (χ2n) is 4.33. The molecule has 4 heteroatoms. The van der Waals surface area contributed by atoms with Crippen molar-refractivity contribution in [3.05, 3.63) is 66.1 Å². The molecule has 20 heavy (non-hydrogen) atoms. The Labute approximate surface area is 117 Å². The van der Waals surface area contributed by atoms with Crippen molar-refractivity contribution in [1.82, 2.24) is 5.32 Å². The number of rotatable bonds is 6. The van der Waals surface area contributed by atoms with Crippen LogP contribution in [0.5, 0.6) is 0 Å². The quantitative estimate of drug-likeness (QED) is 0.794. The number of aliphatic hydroxyl groups excluding tert-OH is 1. The second kappa shape index (κ2) is 7.31.